The van der Waals surface area contributed by atoms with Gasteiger partial charge in [0.2, 0.25) is 0 Å². The van der Waals surface area contributed by atoms with Crippen LogP contribution in [-0.2, 0) is 0 Å². The van der Waals surface area contributed by atoms with Gasteiger partial charge in [0.15, 0.2) is 0 Å². The molecule has 140 valence electrons. The Morgan fingerprint density at radius 3 is 2.33 bits per heavy atom. The smallest absolute Gasteiger partial charge is 0.0949 e. The number of hydrogen-bond donors (Lipinski definition) is 0. The molecule has 1 atom stereocenters. The summed E-state index contributed by atoms with van der Waals surface area (Å²) >= 11 is 0. The molecule has 3 aromatic rings. The van der Waals surface area contributed by atoms with Crippen LogP contribution in [0.15, 0.2) is 64.6 Å². The Balaban J connectivity index is 1.65. The van der Waals surface area contributed by atoms with Gasteiger partial charge in [-0.1, -0.05) is 76.4 Å². The lowest BCUT2D eigenvalue weighted by Gasteiger charge is -2.10. The molecule has 0 heterocycles. The van der Waals surface area contributed by atoms with Crippen LogP contribution in [0.2, 0.25) is 0 Å². The van der Waals surface area contributed by atoms with Crippen LogP contribution < -0.4 is 0 Å². The van der Waals surface area contributed by atoms with Gasteiger partial charge < -0.3 is 0 Å². The van der Waals surface area contributed by atoms with Crippen molar-refractivity contribution >= 4 is 33.2 Å². The summed E-state index contributed by atoms with van der Waals surface area (Å²) in [6.45, 7) is 7.71. The minimum Gasteiger partial charge on any atom is -0.225 e. The molecule has 2 heteroatoms. The Hall–Kier alpha value is -2.44. The van der Waals surface area contributed by atoms with Crippen LogP contribution in [0.25, 0.3) is 21.5 Å². The molecule has 0 aromatic heterocycles. The summed E-state index contributed by atoms with van der Waals surface area (Å²) in [5, 5.41) is 4.85. The minimum atomic E-state index is 0.721. The molecule has 3 aromatic carbocycles. The maximum Gasteiger partial charge on any atom is 0.0949 e. The molecule has 0 saturated heterocycles. The summed E-state index contributed by atoms with van der Waals surface area (Å²) in [4.78, 5) is 8.91. The van der Waals surface area contributed by atoms with Crippen LogP contribution in [0.1, 0.15) is 46.5 Å². The lowest BCUT2D eigenvalue weighted by Crippen LogP contribution is -1.98. The second kappa shape index (κ2) is 9.48. The third-order valence-electron chi connectivity index (χ3n) is 5.18. The van der Waals surface area contributed by atoms with Gasteiger partial charge in [0, 0.05) is 5.39 Å². The number of fused-ring (bicyclic) bond motifs is 2. The molecule has 0 saturated carbocycles. The van der Waals surface area contributed by atoms with Crippen molar-refractivity contribution in [3.05, 3.63) is 54.6 Å². The average Bonchev–Trinajstić information content (AvgIpc) is 2.66. The Labute approximate surface area is 163 Å². The predicted molar refractivity (Wildman–Crippen MR) is 118 cm³/mol. The van der Waals surface area contributed by atoms with Crippen LogP contribution in [0.4, 0.5) is 5.69 Å². The van der Waals surface area contributed by atoms with Crippen molar-refractivity contribution in [3.8, 4) is 0 Å². The zero-order valence-electron chi connectivity index (χ0n) is 16.8. The lowest BCUT2D eigenvalue weighted by atomic mass is 9.97. The highest BCUT2D eigenvalue weighted by atomic mass is 14.8. The first-order chi connectivity index (χ1) is 13.1. The summed E-state index contributed by atoms with van der Waals surface area (Å²) < 4.78 is 0. The Morgan fingerprint density at radius 2 is 1.56 bits per heavy atom. The molecular formula is C25H30N2. The van der Waals surface area contributed by atoms with Crippen molar-refractivity contribution in [2.75, 3.05) is 6.54 Å². The first-order valence-electron chi connectivity index (χ1n) is 10.2. The normalized spacial score (nSPS) is 12.3. The highest BCUT2D eigenvalue weighted by Gasteiger charge is 2.03. The summed E-state index contributed by atoms with van der Waals surface area (Å²) in [5.74, 6) is 1.53. The van der Waals surface area contributed by atoms with Crippen molar-refractivity contribution in [2.45, 2.75) is 46.5 Å². The maximum atomic E-state index is 4.51. The first kappa shape index (κ1) is 19.3. The maximum absolute atomic E-state index is 4.51. The standard InChI is InChI=1S/C25H30N2/c1-19(2)8-6-9-20(3)14-15-26-18-27-25-13-7-12-23-16-21-10-4-5-11-22(21)17-24(23)25/h4-5,7,10-13,16-17,19-20H,6,8-9,14-15H2,1-3H3/t20-/m1/s1. The van der Waals surface area contributed by atoms with Gasteiger partial charge in [0.05, 0.1) is 18.2 Å². The molecular weight excluding hydrogens is 328 g/mol. The van der Waals surface area contributed by atoms with Gasteiger partial charge in [0.1, 0.15) is 0 Å². The predicted octanol–water partition coefficient (Wildman–Crippen LogP) is 7.65. The highest BCUT2D eigenvalue weighted by Crippen LogP contribution is 2.29. The molecule has 0 bridgehead atoms. The number of rotatable bonds is 8. The monoisotopic (exact) mass is 358 g/mol. The SMILES string of the molecule is CC(C)CCC[C@@H](C)CCN=C=Nc1cccc2cc3ccccc3cc12. The molecule has 0 N–H and O–H groups in total. The molecule has 0 radical (unpaired) electrons. The second-order valence-corrected chi connectivity index (χ2v) is 8.01. The van der Waals surface area contributed by atoms with E-state index in [0.717, 1.165) is 35.9 Å². The van der Waals surface area contributed by atoms with E-state index in [1.807, 2.05) is 6.07 Å². The van der Waals surface area contributed by atoms with Crippen LogP contribution in [0, 0.1) is 11.8 Å². The topological polar surface area (TPSA) is 24.7 Å². The third-order valence-corrected chi connectivity index (χ3v) is 5.18. The van der Waals surface area contributed by atoms with E-state index in [4.69, 9.17) is 0 Å². The molecule has 3 rings (SSSR count). The van der Waals surface area contributed by atoms with Gasteiger partial charge in [0.25, 0.3) is 0 Å². The van der Waals surface area contributed by atoms with Crippen LogP contribution in [0.5, 0.6) is 0 Å². The van der Waals surface area contributed by atoms with E-state index in [0.29, 0.717) is 0 Å². The number of benzene rings is 3. The van der Waals surface area contributed by atoms with Gasteiger partial charge in [-0.3, -0.25) is 0 Å². The van der Waals surface area contributed by atoms with Gasteiger partial charge in [-0.15, -0.1) is 0 Å². The lowest BCUT2D eigenvalue weighted by molar-refractivity contribution is 0.441. The molecule has 0 fully saturated rings. The van der Waals surface area contributed by atoms with E-state index in [9.17, 15) is 0 Å². The van der Waals surface area contributed by atoms with E-state index in [-0.39, 0.29) is 0 Å². The van der Waals surface area contributed by atoms with Crippen molar-refractivity contribution in [1.82, 2.24) is 0 Å². The van der Waals surface area contributed by atoms with Gasteiger partial charge >= 0.3 is 0 Å². The van der Waals surface area contributed by atoms with E-state index in [1.54, 1.807) is 0 Å². The molecule has 2 nitrogen and oxygen atoms in total. The van der Waals surface area contributed by atoms with Gasteiger partial charge in [-0.25, -0.2) is 4.99 Å². The van der Waals surface area contributed by atoms with Gasteiger partial charge in [-0.05, 0) is 52.6 Å². The largest absolute Gasteiger partial charge is 0.225 e. The van der Waals surface area contributed by atoms with Crippen LogP contribution >= 0.6 is 0 Å². The van der Waals surface area contributed by atoms with Crippen molar-refractivity contribution in [3.63, 3.8) is 0 Å². The summed E-state index contributed by atoms with van der Waals surface area (Å²) in [6.07, 6.45) is 5.05. The molecule has 0 aliphatic rings. The summed E-state index contributed by atoms with van der Waals surface area (Å²) in [5.41, 5.74) is 0.937. The molecule has 0 aliphatic carbocycles. The fourth-order valence-corrected chi connectivity index (χ4v) is 3.49. The third kappa shape index (κ3) is 5.52. The average molecular weight is 359 g/mol. The Kier molecular flexibility index (Phi) is 6.79. The Morgan fingerprint density at radius 1 is 0.815 bits per heavy atom. The molecule has 27 heavy (non-hydrogen) atoms. The molecule has 0 amide bonds. The fourth-order valence-electron chi connectivity index (χ4n) is 3.49. The zero-order valence-corrected chi connectivity index (χ0v) is 16.8. The van der Waals surface area contributed by atoms with Gasteiger partial charge in [-0.2, -0.15) is 4.99 Å². The van der Waals surface area contributed by atoms with Crippen molar-refractivity contribution in [1.29, 1.82) is 0 Å². The van der Waals surface area contributed by atoms with Crippen molar-refractivity contribution in [2.24, 2.45) is 21.8 Å². The number of nitrogens with zero attached hydrogens (tertiary/aromatic N) is 2. The quantitative estimate of drug-likeness (QED) is 0.292. The second-order valence-electron chi connectivity index (χ2n) is 8.01. The summed E-state index contributed by atoms with van der Waals surface area (Å²) in [6, 6.07) is 22.0. The number of hydrogen-bond acceptors (Lipinski definition) is 2. The van der Waals surface area contributed by atoms with E-state index in [1.165, 1.54) is 35.4 Å². The minimum absolute atomic E-state index is 0.721. The van der Waals surface area contributed by atoms with Crippen LogP contribution in [0.3, 0.4) is 0 Å². The van der Waals surface area contributed by atoms with Crippen molar-refractivity contribution < 1.29 is 0 Å². The molecule has 0 aliphatic heterocycles. The van der Waals surface area contributed by atoms with Crippen LogP contribution in [-0.4, -0.2) is 12.6 Å². The zero-order chi connectivity index (χ0) is 19.1. The Bertz CT molecular complexity index is 949. The fraction of sp³-hybridized carbons (Fsp3) is 0.400. The van der Waals surface area contributed by atoms with E-state index in [2.05, 4.69) is 85.3 Å². The first-order valence-corrected chi connectivity index (χ1v) is 10.2. The van der Waals surface area contributed by atoms with E-state index < -0.39 is 0 Å². The summed E-state index contributed by atoms with van der Waals surface area (Å²) in [7, 11) is 0. The molecule has 0 unspecified atom stereocenters. The highest BCUT2D eigenvalue weighted by molar-refractivity contribution is 6.03. The molecule has 0 spiro atoms. The number of aliphatic imine (C=N–C) groups is 2. The van der Waals surface area contributed by atoms with E-state index >= 15 is 0 Å².